The summed E-state index contributed by atoms with van der Waals surface area (Å²) in [7, 11) is -3.81. The second-order valence-electron chi connectivity index (χ2n) is 6.27. The molecule has 144 valence electrons. The molecule has 0 aliphatic carbocycles. The maximum atomic E-state index is 12.6. The molecule has 1 amide bonds. The zero-order valence-corrected chi connectivity index (χ0v) is 16.7. The van der Waals surface area contributed by atoms with Crippen LogP contribution in [0.1, 0.15) is 21.5 Å². The quantitative estimate of drug-likeness (QED) is 0.628. The Bertz CT molecular complexity index is 1100. The van der Waals surface area contributed by atoms with E-state index in [2.05, 4.69) is 10.0 Å². The van der Waals surface area contributed by atoms with Crippen molar-refractivity contribution in [2.75, 3.05) is 4.72 Å². The maximum absolute atomic E-state index is 12.6. The van der Waals surface area contributed by atoms with Crippen molar-refractivity contribution >= 4 is 33.2 Å². The molecule has 3 aromatic carbocycles. The monoisotopic (exact) mass is 414 g/mol. The van der Waals surface area contributed by atoms with E-state index in [-0.39, 0.29) is 22.9 Å². The molecule has 0 radical (unpaired) electrons. The number of amides is 1. The standard InChI is InChI=1S/C21H19ClN2O3S/c1-15-9-11-18(12-10-15)24-28(26,27)19-7-4-6-16(13-19)21(25)23-14-17-5-2-3-8-20(17)22/h2-13,24H,14H2,1H3,(H,23,25). The Morgan fingerprint density at radius 1 is 0.964 bits per heavy atom. The molecule has 0 atom stereocenters. The molecule has 7 heteroatoms. The van der Waals surface area contributed by atoms with Gasteiger partial charge in [0, 0.05) is 22.8 Å². The number of aryl methyl sites for hydroxylation is 1. The summed E-state index contributed by atoms with van der Waals surface area (Å²) >= 11 is 6.09. The molecule has 28 heavy (non-hydrogen) atoms. The lowest BCUT2D eigenvalue weighted by Crippen LogP contribution is -2.23. The van der Waals surface area contributed by atoms with Gasteiger partial charge in [-0.15, -0.1) is 0 Å². The van der Waals surface area contributed by atoms with Gasteiger partial charge in [0.2, 0.25) is 0 Å². The highest BCUT2D eigenvalue weighted by Crippen LogP contribution is 2.18. The Morgan fingerprint density at radius 2 is 1.68 bits per heavy atom. The van der Waals surface area contributed by atoms with Gasteiger partial charge < -0.3 is 5.32 Å². The number of rotatable bonds is 6. The van der Waals surface area contributed by atoms with E-state index in [1.54, 1.807) is 24.3 Å². The first-order chi connectivity index (χ1) is 13.3. The molecular formula is C21H19ClN2O3S. The fourth-order valence-corrected chi connectivity index (χ4v) is 3.87. The van der Waals surface area contributed by atoms with Gasteiger partial charge in [0.15, 0.2) is 0 Å². The minimum absolute atomic E-state index is 0.0125. The van der Waals surface area contributed by atoms with Crippen LogP contribution in [0, 0.1) is 6.92 Å². The van der Waals surface area contributed by atoms with Gasteiger partial charge >= 0.3 is 0 Å². The lowest BCUT2D eigenvalue weighted by atomic mass is 10.2. The molecule has 0 unspecified atom stereocenters. The zero-order chi connectivity index (χ0) is 20.1. The molecule has 0 fully saturated rings. The van der Waals surface area contributed by atoms with Gasteiger partial charge in [-0.3, -0.25) is 9.52 Å². The SMILES string of the molecule is Cc1ccc(NS(=O)(=O)c2cccc(C(=O)NCc3ccccc3Cl)c2)cc1. The van der Waals surface area contributed by atoms with Crippen LogP contribution in [0.3, 0.4) is 0 Å². The minimum atomic E-state index is -3.81. The molecule has 2 N–H and O–H groups in total. The van der Waals surface area contributed by atoms with E-state index in [1.807, 2.05) is 37.3 Å². The lowest BCUT2D eigenvalue weighted by Gasteiger charge is -2.10. The van der Waals surface area contributed by atoms with Crippen LogP contribution in [0.2, 0.25) is 5.02 Å². The number of halogens is 1. The number of sulfonamides is 1. The molecule has 0 heterocycles. The molecule has 5 nitrogen and oxygen atoms in total. The third-order valence-corrected chi connectivity index (χ3v) is 5.86. The summed E-state index contributed by atoms with van der Waals surface area (Å²) in [4.78, 5) is 12.4. The summed E-state index contributed by atoms with van der Waals surface area (Å²) in [6, 6.07) is 20.1. The number of carbonyl (C=O) groups excluding carboxylic acids is 1. The van der Waals surface area contributed by atoms with E-state index in [1.165, 1.54) is 18.2 Å². The predicted octanol–water partition coefficient (Wildman–Crippen LogP) is 4.38. The van der Waals surface area contributed by atoms with Crippen molar-refractivity contribution in [3.8, 4) is 0 Å². The molecule has 0 aromatic heterocycles. The van der Waals surface area contributed by atoms with Crippen molar-refractivity contribution in [3.63, 3.8) is 0 Å². The van der Waals surface area contributed by atoms with Crippen molar-refractivity contribution in [2.45, 2.75) is 18.4 Å². The van der Waals surface area contributed by atoms with Crippen molar-refractivity contribution in [1.29, 1.82) is 0 Å². The summed E-state index contributed by atoms with van der Waals surface area (Å²) in [5, 5.41) is 3.31. The minimum Gasteiger partial charge on any atom is -0.348 e. The van der Waals surface area contributed by atoms with E-state index >= 15 is 0 Å². The second-order valence-corrected chi connectivity index (χ2v) is 8.36. The molecule has 0 spiro atoms. The average molecular weight is 415 g/mol. The Balaban J connectivity index is 1.74. The van der Waals surface area contributed by atoms with E-state index in [4.69, 9.17) is 11.6 Å². The Labute approximate surface area is 169 Å². The van der Waals surface area contributed by atoms with Crippen LogP contribution in [0.4, 0.5) is 5.69 Å². The fraction of sp³-hybridized carbons (Fsp3) is 0.0952. The fourth-order valence-electron chi connectivity index (χ4n) is 2.56. The molecule has 0 saturated heterocycles. The largest absolute Gasteiger partial charge is 0.348 e. The third-order valence-electron chi connectivity index (χ3n) is 4.11. The van der Waals surface area contributed by atoms with Crippen LogP contribution in [0.25, 0.3) is 0 Å². The molecule has 0 bridgehead atoms. The van der Waals surface area contributed by atoms with Crippen LogP contribution < -0.4 is 10.0 Å². The summed E-state index contributed by atoms with van der Waals surface area (Å²) in [6.07, 6.45) is 0. The number of hydrogen-bond acceptors (Lipinski definition) is 3. The predicted molar refractivity (Wildman–Crippen MR) is 111 cm³/mol. The van der Waals surface area contributed by atoms with E-state index in [9.17, 15) is 13.2 Å². The Morgan fingerprint density at radius 3 is 2.39 bits per heavy atom. The van der Waals surface area contributed by atoms with Gasteiger partial charge in [0.1, 0.15) is 0 Å². The van der Waals surface area contributed by atoms with Crippen LogP contribution in [-0.4, -0.2) is 14.3 Å². The average Bonchev–Trinajstić information content (AvgIpc) is 2.69. The molecule has 3 rings (SSSR count). The van der Waals surface area contributed by atoms with Gasteiger partial charge in [0.05, 0.1) is 4.90 Å². The summed E-state index contributed by atoms with van der Waals surface area (Å²) in [5.74, 6) is -0.382. The van der Waals surface area contributed by atoms with E-state index in [0.29, 0.717) is 10.7 Å². The smallest absolute Gasteiger partial charge is 0.261 e. The van der Waals surface area contributed by atoms with Crippen LogP contribution in [0.15, 0.2) is 77.7 Å². The Hall–Kier alpha value is -2.83. The first kappa shape index (κ1) is 19.9. The summed E-state index contributed by atoms with van der Waals surface area (Å²) in [6.45, 7) is 2.17. The number of hydrogen-bond donors (Lipinski definition) is 2. The molecule has 0 aliphatic heterocycles. The van der Waals surface area contributed by atoms with Gasteiger partial charge in [-0.05, 0) is 48.9 Å². The first-order valence-electron chi connectivity index (χ1n) is 8.56. The topological polar surface area (TPSA) is 75.3 Å². The van der Waals surface area contributed by atoms with Crippen LogP contribution in [0.5, 0.6) is 0 Å². The highest BCUT2D eigenvalue weighted by molar-refractivity contribution is 7.92. The number of carbonyl (C=O) groups is 1. The van der Waals surface area contributed by atoms with Crippen molar-refractivity contribution in [3.05, 3.63) is 94.5 Å². The number of nitrogens with one attached hydrogen (secondary N) is 2. The normalized spacial score (nSPS) is 11.1. The Kier molecular flexibility index (Phi) is 6.02. The van der Waals surface area contributed by atoms with Crippen molar-refractivity contribution in [1.82, 2.24) is 5.32 Å². The molecule has 0 aliphatic rings. The van der Waals surface area contributed by atoms with Gasteiger partial charge in [-0.25, -0.2) is 8.42 Å². The zero-order valence-electron chi connectivity index (χ0n) is 15.1. The lowest BCUT2D eigenvalue weighted by molar-refractivity contribution is 0.0950. The number of benzene rings is 3. The molecule has 0 saturated carbocycles. The third kappa shape index (κ3) is 4.91. The van der Waals surface area contributed by atoms with Crippen molar-refractivity contribution < 1.29 is 13.2 Å². The first-order valence-corrected chi connectivity index (χ1v) is 10.4. The molecule has 3 aromatic rings. The molecular weight excluding hydrogens is 396 g/mol. The maximum Gasteiger partial charge on any atom is 0.261 e. The van der Waals surface area contributed by atoms with Crippen LogP contribution in [-0.2, 0) is 16.6 Å². The van der Waals surface area contributed by atoms with Gasteiger partial charge in [-0.2, -0.15) is 0 Å². The van der Waals surface area contributed by atoms with E-state index < -0.39 is 10.0 Å². The second kappa shape index (κ2) is 8.46. The highest BCUT2D eigenvalue weighted by atomic mass is 35.5. The van der Waals surface area contributed by atoms with Gasteiger partial charge in [0.25, 0.3) is 15.9 Å². The highest BCUT2D eigenvalue weighted by Gasteiger charge is 2.16. The summed E-state index contributed by atoms with van der Waals surface area (Å²) < 4.78 is 27.8. The van der Waals surface area contributed by atoms with E-state index in [0.717, 1.165) is 11.1 Å². The van der Waals surface area contributed by atoms with Crippen LogP contribution >= 0.6 is 11.6 Å². The van der Waals surface area contributed by atoms with Crippen molar-refractivity contribution in [2.24, 2.45) is 0 Å². The number of anilines is 1. The van der Waals surface area contributed by atoms with Gasteiger partial charge in [-0.1, -0.05) is 53.6 Å². The summed E-state index contributed by atoms with van der Waals surface area (Å²) in [5.41, 5.74) is 2.51.